The molecule has 1 amide bonds. The minimum Gasteiger partial charge on any atom is -0.370 e. The molecule has 3 N–H and O–H groups in total. The Balaban J connectivity index is 2.51. The summed E-state index contributed by atoms with van der Waals surface area (Å²) in [6, 6.07) is 0. The molecule has 0 radical (unpaired) electrons. The van der Waals surface area contributed by atoms with E-state index in [1.807, 2.05) is 0 Å². The summed E-state index contributed by atoms with van der Waals surface area (Å²) in [5.41, 5.74) is 6.74. The standard InChI is InChI=1S/C12H18N4O4/c1-8-5-15-10(9(2)12(8)16(18)19)6-14-3-4-20-7-11(13)17/h5,14H,3-4,6-7H2,1-2H3,(H2,13,17). The Morgan fingerprint density at radius 3 is 2.85 bits per heavy atom. The molecular weight excluding hydrogens is 264 g/mol. The van der Waals surface area contributed by atoms with Crippen LogP contribution >= 0.6 is 0 Å². The predicted octanol–water partition coefficient (Wildman–Crippen LogP) is 0.198. The van der Waals surface area contributed by atoms with Crippen molar-refractivity contribution in [3.63, 3.8) is 0 Å². The Bertz CT molecular complexity index is 504. The maximum absolute atomic E-state index is 11.0. The summed E-state index contributed by atoms with van der Waals surface area (Å²) >= 11 is 0. The van der Waals surface area contributed by atoms with E-state index in [-0.39, 0.29) is 12.3 Å². The quantitative estimate of drug-likeness (QED) is 0.399. The van der Waals surface area contributed by atoms with Gasteiger partial charge in [-0.1, -0.05) is 0 Å². The van der Waals surface area contributed by atoms with Crippen LogP contribution in [0.5, 0.6) is 0 Å². The van der Waals surface area contributed by atoms with Gasteiger partial charge in [0.25, 0.3) is 5.69 Å². The summed E-state index contributed by atoms with van der Waals surface area (Å²) in [5, 5.41) is 14.0. The van der Waals surface area contributed by atoms with Gasteiger partial charge in [0.1, 0.15) is 6.61 Å². The van der Waals surface area contributed by atoms with Gasteiger partial charge in [-0.2, -0.15) is 0 Å². The lowest BCUT2D eigenvalue weighted by Crippen LogP contribution is -2.24. The first-order valence-electron chi connectivity index (χ1n) is 6.09. The van der Waals surface area contributed by atoms with Crippen molar-refractivity contribution in [3.05, 3.63) is 33.1 Å². The second-order valence-electron chi connectivity index (χ2n) is 4.31. The molecule has 0 aromatic carbocycles. The number of hydrogen-bond donors (Lipinski definition) is 2. The van der Waals surface area contributed by atoms with E-state index in [4.69, 9.17) is 10.5 Å². The second-order valence-corrected chi connectivity index (χ2v) is 4.31. The number of amides is 1. The van der Waals surface area contributed by atoms with Crippen LogP contribution in [0.25, 0.3) is 0 Å². The molecule has 0 aliphatic rings. The fourth-order valence-corrected chi connectivity index (χ4v) is 1.75. The molecular formula is C12H18N4O4. The van der Waals surface area contributed by atoms with E-state index in [2.05, 4.69) is 10.3 Å². The van der Waals surface area contributed by atoms with E-state index >= 15 is 0 Å². The highest BCUT2D eigenvalue weighted by atomic mass is 16.6. The molecule has 1 heterocycles. The number of primary amides is 1. The van der Waals surface area contributed by atoms with Crippen LogP contribution in [0.4, 0.5) is 5.69 Å². The van der Waals surface area contributed by atoms with Crippen LogP contribution in [0, 0.1) is 24.0 Å². The Morgan fingerprint density at radius 1 is 1.55 bits per heavy atom. The largest absolute Gasteiger partial charge is 0.370 e. The molecule has 0 unspecified atom stereocenters. The van der Waals surface area contributed by atoms with Gasteiger partial charge in [0.15, 0.2) is 0 Å². The summed E-state index contributed by atoms with van der Waals surface area (Å²) in [5.74, 6) is -0.517. The van der Waals surface area contributed by atoms with Gasteiger partial charge in [0, 0.05) is 30.4 Å². The van der Waals surface area contributed by atoms with Gasteiger partial charge >= 0.3 is 0 Å². The molecule has 0 fully saturated rings. The molecule has 1 aromatic heterocycles. The van der Waals surface area contributed by atoms with Crippen LogP contribution in [-0.4, -0.2) is 35.6 Å². The zero-order valence-electron chi connectivity index (χ0n) is 11.5. The number of pyridine rings is 1. The topological polar surface area (TPSA) is 120 Å². The summed E-state index contributed by atoms with van der Waals surface area (Å²) in [4.78, 5) is 25.2. The van der Waals surface area contributed by atoms with Crippen molar-refractivity contribution in [1.29, 1.82) is 0 Å². The smallest absolute Gasteiger partial charge is 0.278 e. The molecule has 0 aliphatic heterocycles. The first kappa shape index (κ1) is 16.0. The normalized spacial score (nSPS) is 10.5. The average molecular weight is 282 g/mol. The van der Waals surface area contributed by atoms with Gasteiger partial charge < -0.3 is 15.8 Å². The van der Waals surface area contributed by atoms with Crippen LogP contribution in [0.1, 0.15) is 16.8 Å². The molecule has 0 saturated carbocycles. The molecule has 0 spiro atoms. The van der Waals surface area contributed by atoms with Crippen molar-refractivity contribution in [2.24, 2.45) is 5.73 Å². The third-order valence-corrected chi connectivity index (χ3v) is 2.72. The predicted molar refractivity (Wildman–Crippen MR) is 72.1 cm³/mol. The lowest BCUT2D eigenvalue weighted by molar-refractivity contribution is -0.386. The van der Waals surface area contributed by atoms with Gasteiger partial charge in [-0.3, -0.25) is 19.9 Å². The Labute approximate surface area is 116 Å². The minimum atomic E-state index is -0.517. The Kier molecular flexibility index (Phi) is 6.01. The highest BCUT2D eigenvalue weighted by Crippen LogP contribution is 2.23. The second kappa shape index (κ2) is 7.51. The average Bonchev–Trinajstić information content (AvgIpc) is 2.35. The fourth-order valence-electron chi connectivity index (χ4n) is 1.75. The number of carbonyl (C=O) groups excluding carboxylic acids is 1. The van der Waals surface area contributed by atoms with Crippen molar-refractivity contribution < 1.29 is 14.5 Å². The first-order chi connectivity index (χ1) is 9.43. The zero-order valence-corrected chi connectivity index (χ0v) is 11.5. The van der Waals surface area contributed by atoms with Crippen molar-refractivity contribution in [3.8, 4) is 0 Å². The van der Waals surface area contributed by atoms with E-state index in [0.717, 1.165) is 0 Å². The van der Waals surface area contributed by atoms with Gasteiger partial charge in [-0.25, -0.2) is 0 Å². The van der Waals surface area contributed by atoms with E-state index in [1.165, 1.54) is 6.20 Å². The van der Waals surface area contributed by atoms with Crippen LogP contribution in [0.2, 0.25) is 0 Å². The first-order valence-corrected chi connectivity index (χ1v) is 6.09. The third-order valence-electron chi connectivity index (χ3n) is 2.72. The number of rotatable bonds is 8. The van der Waals surface area contributed by atoms with Gasteiger partial charge in [-0.15, -0.1) is 0 Å². The van der Waals surface area contributed by atoms with E-state index in [0.29, 0.717) is 36.5 Å². The highest BCUT2D eigenvalue weighted by molar-refractivity contribution is 5.74. The monoisotopic (exact) mass is 282 g/mol. The van der Waals surface area contributed by atoms with Crippen LogP contribution in [0.3, 0.4) is 0 Å². The van der Waals surface area contributed by atoms with Crippen molar-refractivity contribution >= 4 is 11.6 Å². The zero-order chi connectivity index (χ0) is 15.1. The van der Waals surface area contributed by atoms with Crippen LogP contribution < -0.4 is 11.1 Å². The summed E-state index contributed by atoms with van der Waals surface area (Å²) in [6.45, 7) is 4.44. The fraction of sp³-hybridized carbons (Fsp3) is 0.500. The van der Waals surface area contributed by atoms with Crippen molar-refractivity contribution in [2.45, 2.75) is 20.4 Å². The number of carbonyl (C=O) groups is 1. The number of hydrogen-bond acceptors (Lipinski definition) is 6. The Hall–Kier alpha value is -2.06. The number of nitro groups is 1. The van der Waals surface area contributed by atoms with Crippen LogP contribution in [-0.2, 0) is 16.1 Å². The number of nitrogens with one attached hydrogen (secondary N) is 1. The van der Waals surface area contributed by atoms with Crippen molar-refractivity contribution in [1.82, 2.24) is 10.3 Å². The summed E-state index contributed by atoms with van der Waals surface area (Å²) < 4.78 is 4.98. The molecule has 8 nitrogen and oxygen atoms in total. The SMILES string of the molecule is Cc1cnc(CNCCOCC(N)=O)c(C)c1[N+](=O)[O-]. The van der Waals surface area contributed by atoms with E-state index < -0.39 is 10.8 Å². The number of aryl methyl sites for hydroxylation is 1. The molecule has 20 heavy (non-hydrogen) atoms. The molecule has 1 rings (SSSR count). The number of ether oxygens (including phenoxy) is 1. The molecule has 8 heteroatoms. The molecule has 0 aliphatic carbocycles. The van der Waals surface area contributed by atoms with Gasteiger partial charge in [-0.05, 0) is 13.8 Å². The maximum atomic E-state index is 11.0. The third kappa shape index (κ3) is 4.56. The lowest BCUT2D eigenvalue weighted by atomic mass is 10.1. The van der Waals surface area contributed by atoms with Crippen molar-refractivity contribution in [2.75, 3.05) is 19.8 Å². The number of nitrogens with zero attached hydrogens (tertiary/aromatic N) is 2. The number of nitrogens with two attached hydrogens (primary N) is 1. The van der Waals surface area contributed by atoms with E-state index in [9.17, 15) is 14.9 Å². The van der Waals surface area contributed by atoms with Gasteiger partial charge in [0.05, 0.1) is 17.2 Å². The molecule has 1 aromatic rings. The van der Waals surface area contributed by atoms with Crippen LogP contribution in [0.15, 0.2) is 6.20 Å². The maximum Gasteiger partial charge on any atom is 0.278 e. The van der Waals surface area contributed by atoms with Gasteiger partial charge in [0.2, 0.25) is 5.91 Å². The Morgan fingerprint density at radius 2 is 2.25 bits per heavy atom. The summed E-state index contributed by atoms with van der Waals surface area (Å²) in [7, 11) is 0. The molecule has 0 bridgehead atoms. The molecule has 110 valence electrons. The molecule has 0 saturated heterocycles. The minimum absolute atomic E-state index is 0.0989. The lowest BCUT2D eigenvalue weighted by Gasteiger charge is -2.08. The van der Waals surface area contributed by atoms with E-state index in [1.54, 1.807) is 13.8 Å². The number of aromatic nitrogens is 1. The summed E-state index contributed by atoms with van der Waals surface area (Å²) in [6.07, 6.45) is 1.49. The molecule has 0 atom stereocenters. The highest BCUT2D eigenvalue weighted by Gasteiger charge is 2.18.